The van der Waals surface area contributed by atoms with Gasteiger partial charge in [0.25, 0.3) is 0 Å². The van der Waals surface area contributed by atoms with E-state index >= 15 is 0 Å². The summed E-state index contributed by atoms with van der Waals surface area (Å²) in [7, 11) is 0. The molecule has 0 spiro atoms. The molecule has 0 aliphatic heterocycles. The zero-order chi connectivity index (χ0) is 47.2. The molecule has 0 aromatic rings. The van der Waals surface area contributed by atoms with Gasteiger partial charge in [0.2, 0.25) is 0 Å². The number of hydrogen-bond acceptors (Lipinski definition) is 6. The van der Waals surface area contributed by atoms with Crippen LogP contribution in [-0.2, 0) is 28.6 Å². The second-order valence-electron chi connectivity index (χ2n) is 16.7. The summed E-state index contributed by atoms with van der Waals surface area (Å²) in [6.45, 7) is 6.35. The molecule has 0 aromatic heterocycles. The fourth-order valence-electron chi connectivity index (χ4n) is 6.50. The summed E-state index contributed by atoms with van der Waals surface area (Å²) >= 11 is 0. The van der Waals surface area contributed by atoms with Gasteiger partial charge in [0.1, 0.15) is 13.2 Å². The maximum Gasteiger partial charge on any atom is 0.306 e. The van der Waals surface area contributed by atoms with E-state index in [4.69, 9.17) is 14.2 Å². The van der Waals surface area contributed by atoms with Crippen LogP contribution < -0.4 is 0 Å². The summed E-state index contributed by atoms with van der Waals surface area (Å²) in [6, 6.07) is 0. The molecule has 0 heterocycles. The topological polar surface area (TPSA) is 78.9 Å². The molecule has 0 radical (unpaired) electrons. The van der Waals surface area contributed by atoms with E-state index in [1.54, 1.807) is 0 Å². The van der Waals surface area contributed by atoms with Gasteiger partial charge in [-0.05, 0) is 122 Å². The van der Waals surface area contributed by atoms with Crippen molar-refractivity contribution in [2.75, 3.05) is 13.2 Å². The maximum absolute atomic E-state index is 12.8. The Kier molecular flexibility index (Phi) is 49.1. The first-order valence-corrected chi connectivity index (χ1v) is 26.0. The van der Waals surface area contributed by atoms with Crippen molar-refractivity contribution in [2.24, 2.45) is 0 Å². The number of esters is 3. The Labute approximate surface area is 399 Å². The number of carbonyl (C=O) groups is 3. The van der Waals surface area contributed by atoms with E-state index in [-0.39, 0.29) is 37.5 Å². The first-order chi connectivity index (χ1) is 32.0. The lowest BCUT2D eigenvalue weighted by molar-refractivity contribution is -0.167. The quantitative estimate of drug-likeness (QED) is 0.0262. The van der Waals surface area contributed by atoms with E-state index < -0.39 is 6.10 Å². The van der Waals surface area contributed by atoms with Crippen LogP contribution in [-0.4, -0.2) is 37.2 Å². The van der Waals surface area contributed by atoms with Crippen LogP contribution in [0, 0.1) is 0 Å². The van der Waals surface area contributed by atoms with E-state index in [9.17, 15) is 14.4 Å². The lowest BCUT2D eigenvalue weighted by Crippen LogP contribution is -2.30. The number of carbonyl (C=O) groups excluding carboxylic acids is 3. The van der Waals surface area contributed by atoms with Gasteiger partial charge in [0.15, 0.2) is 6.10 Å². The molecule has 0 N–H and O–H groups in total. The molecule has 0 saturated heterocycles. The highest BCUT2D eigenvalue weighted by molar-refractivity contribution is 5.71. The Morgan fingerprint density at radius 1 is 0.323 bits per heavy atom. The van der Waals surface area contributed by atoms with Gasteiger partial charge in [-0.3, -0.25) is 14.4 Å². The number of rotatable bonds is 45. The molecular weight excluding hydrogens is 805 g/mol. The third-order valence-electron chi connectivity index (χ3n) is 10.4. The van der Waals surface area contributed by atoms with Gasteiger partial charge in [0, 0.05) is 19.3 Å². The second kappa shape index (κ2) is 52.4. The first kappa shape index (κ1) is 60.8. The van der Waals surface area contributed by atoms with E-state index in [0.717, 1.165) is 116 Å². The molecule has 6 nitrogen and oxygen atoms in total. The van der Waals surface area contributed by atoms with Gasteiger partial charge in [0.05, 0.1) is 0 Å². The SMILES string of the molecule is CC/C=C\C/C=C\C/C=C\C/C=C\C/C=C\CCCCCC(=O)OCC(COC(=O)CCCCCCC/C=C\CCCC)OC(=O)CCC/C=C\C/C=C\C/C=C\C/C=C\CCCCC. The average molecular weight is 899 g/mol. The molecule has 1 unspecified atom stereocenters. The molecule has 6 heteroatoms. The fourth-order valence-corrected chi connectivity index (χ4v) is 6.50. The molecule has 65 heavy (non-hydrogen) atoms. The third-order valence-corrected chi connectivity index (χ3v) is 10.4. The van der Waals surface area contributed by atoms with Crippen LogP contribution in [0.15, 0.2) is 122 Å². The summed E-state index contributed by atoms with van der Waals surface area (Å²) in [6.07, 6.45) is 71.9. The van der Waals surface area contributed by atoms with Gasteiger partial charge in [-0.1, -0.05) is 194 Å². The van der Waals surface area contributed by atoms with E-state index in [0.29, 0.717) is 19.3 Å². The van der Waals surface area contributed by atoms with Crippen molar-refractivity contribution in [3.63, 3.8) is 0 Å². The van der Waals surface area contributed by atoms with E-state index in [1.165, 1.54) is 51.4 Å². The lowest BCUT2D eigenvalue weighted by Gasteiger charge is -2.18. The molecule has 0 aliphatic rings. The molecule has 0 fully saturated rings. The van der Waals surface area contributed by atoms with Gasteiger partial charge < -0.3 is 14.2 Å². The Bertz CT molecular complexity index is 1400. The van der Waals surface area contributed by atoms with E-state index in [1.807, 2.05) is 0 Å². The Morgan fingerprint density at radius 3 is 1.06 bits per heavy atom. The van der Waals surface area contributed by atoms with Crippen molar-refractivity contribution < 1.29 is 28.6 Å². The monoisotopic (exact) mass is 899 g/mol. The summed E-state index contributed by atoms with van der Waals surface area (Å²) in [5.74, 6) is -1.03. The van der Waals surface area contributed by atoms with Crippen LogP contribution in [0.3, 0.4) is 0 Å². The summed E-state index contributed by atoms with van der Waals surface area (Å²) < 4.78 is 16.7. The smallest absolute Gasteiger partial charge is 0.306 e. The van der Waals surface area contributed by atoms with Crippen LogP contribution in [0.25, 0.3) is 0 Å². The number of hydrogen-bond donors (Lipinski definition) is 0. The zero-order valence-electron chi connectivity index (χ0n) is 41.7. The standard InChI is InChI=1S/C59H94O6/c1-4-7-10-13-16-19-22-24-26-28-29-31-32-34-37-40-43-46-49-52-58(61)64-55-56(54-63-57(60)51-48-45-42-39-36-21-18-15-12-9-6-3)65-59(62)53-50-47-44-41-38-35-33-30-27-25-23-20-17-14-11-8-5-2/h7,10,15-20,24-27,29,31,33-35,37,41,44,56H,4-6,8-9,11-14,21-23,28,30,32,36,38-40,42-43,45-55H2,1-3H3/b10-7-,18-15-,19-16-,20-17-,26-24-,27-25-,31-29-,35-33-,37-34-,44-41-. The van der Waals surface area contributed by atoms with Crippen molar-refractivity contribution in [2.45, 2.75) is 219 Å². The van der Waals surface area contributed by atoms with Gasteiger partial charge in [-0.25, -0.2) is 0 Å². The first-order valence-electron chi connectivity index (χ1n) is 26.0. The van der Waals surface area contributed by atoms with Crippen molar-refractivity contribution in [1.82, 2.24) is 0 Å². The highest BCUT2D eigenvalue weighted by atomic mass is 16.6. The maximum atomic E-state index is 12.8. The summed E-state index contributed by atoms with van der Waals surface area (Å²) in [5, 5.41) is 0. The molecule has 0 aromatic carbocycles. The van der Waals surface area contributed by atoms with Crippen molar-refractivity contribution in [3.8, 4) is 0 Å². The third kappa shape index (κ3) is 50.7. The minimum absolute atomic E-state index is 0.118. The lowest BCUT2D eigenvalue weighted by atomic mass is 10.1. The van der Waals surface area contributed by atoms with Crippen LogP contribution >= 0.6 is 0 Å². The predicted molar refractivity (Wildman–Crippen MR) is 279 cm³/mol. The molecule has 0 saturated carbocycles. The molecule has 0 rings (SSSR count). The van der Waals surface area contributed by atoms with Crippen molar-refractivity contribution >= 4 is 17.9 Å². The minimum atomic E-state index is -0.826. The number of allylic oxidation sites excluding steroid dienone is 20. The average Bonchev–Trinajstić information content (AvgIpc) is 3.30. The van der Waals surface area contributed by atoms with Crippen molar-refractivity contribution in [3.05, 3.63) is 122 Å². The van der Waals surface area contributed by atoms with Gasteiger partial charge >= 0.3 is 17.9 Å². The van der Waals surface area contributed by atoms with Crippen LogP contribution in [0.1, 0.15) is 213 Å². The second-order valence-corrected chi connectivity index (χ2v) is 16.7. The predicted octanol–water partition coefficient (Wildman–Crippen LogP) is 17.3. The molecule has 0 aliphatic carbocycles. The highest BCUT2D eigenvalue weighted by Crippen LogP contribution is 2.11. The largest absolute Gasteiger partial charge is 0.462 e. The molecule has 0 bridgehead atoms. The normalized spacial score (nSPS) is 13.1. The molecule has 1 atom stereocenters. The van der Waals surface area contributed by atoms with Crippen LogP contribution in [0.2, 0.25) is 0 Å². The molecular formula is C59H94O6. The van der Waals surface area contributed by atoms with Crippen LogP contribution in [0.4, 0.5) is 0 Å². The summed E-state index contributed by atoms with van der Waals surface area (Å²) in [4.78, 5) is 37.9. The van der Waals surface area contributed by atoms with Crippen LogP contribution in [0.5, 0.6) is 0 Å². The number of unbranched alkanes of at least 4 members (excludes halogenated alkanes) is 14. The van der Waals surface area contributed by atoms with Crippen molar-refractivity contribution in [1.29, 1.82) is 0 Å². The Hall–Kier alpha value is -4.19. The fraction of sp³-hybridized carbons (Fsp3) is 0.610. The Morgan fingerprint density at radius 2 is 0.631 bits per heavy atom. The molecule has 366 valence electrons. The minimum Gasteiger partial charge on any atom is -0.462 e. The Balaban J connectivity index is 4.55. The van der Waals surface area contributed by atoms with Gasteiger partial charge in [-0.2, -0.15) is 0 Å². The zero-order valence-corrected chi connectivity index (χ0v) is 41.7. The van der Waals surface area contributed by atoms with Gasteiger partial charge in [-0.15, -0.1) is 0 Å². The summed E-state index contributed by atoms with van der Waals surface area (Å²) in [5.41, 5.74) is 0. The van der Waals surface area contributed by atoms with E-state index in [2.05, 4.69) is 142 Å². The highest BCUT2D eigenvalue weighted by Gasteiger charge is 2.19. The molecule has 0 amide bonds. The number of ether oxygens (including phenoxy) is 3.